The van der Waals surface area contributed by atoms with E-state index >= 15 is 0 Å². The topological polar surface area (TPSA) is 126 Å². The van der Waals surface area contributed by atoms with Gasteiger partial charge in [0.25, 0.3) is 0 Å². The summed E-state index contributed by atoms with van der Waals surface area (Å²) in [4.78, 5) is 13.3. The molecule has 2 aromatic heterocycles. The number of carbonyl (C=O) groups excluding carboxylic acids is 1. The first-order chi connectivity index (χ1) is 18.5. The molecule has 0 spiro atoms. The molecule has 3 atom stereocenters. The van der Waals surface area contributed by atoms with E-state index < -0.39 is 46.8 Å². The summed E-state index contributed by atoms with van der Waals surface area (Å²) in [7, 11) is -2.49. The number of carbonyl (C=O) groups is 1. The third-order valence-electron chi connectivity index (χ3n) is 6.81. The molecule has 17 heteroatoms. The maximum absolute atomic E-state index is 13.5. The van der Waals surface area contributed by atoms with Crippen LogP contribution in [0.5, 0.6) is 5.88 Å². The summed E-state index contributed by atoms with van der Waals surface area (Å²) < 4.78 is 89.9. The summed E-state index contributed by atoms with van der Waals surface area (Å²) >= 11 is 2.51. The molecule has 5 rings (SSSR count). The van der Waals surface area contributed by atoms with Gasteiger partial charge in [0.2, 0.25) is 21.8 Å². The molecule has 2 fully saturated rings. The van der Waals surface area contributed by atoms with Crippen LogP contribution in [0.15, 0.2) is 11.0 Å². The highest BCUT2D eigenvalue weighted by Crippen LogP contribution is 2.43. The van der Waals surface area contributed by atoms with Gasteiger partial charge in [-0.05, 0) is 44.1 Å². The maximum atomic E-state index is 13.5. The van der Waals surface area contributed by atoms with Crippen LogP contribution in [0.25, 0.3) is 0 Å². The smallest absolute Gasteiger partial charge is 0.388 e. The second-order valence-electron chi connectivity index (χ2n) is 9.79. The molecule has 216 valence electrons. The van der Waals surface area contributed by atoms with Crippen molar-refractivity contribution in [3.8, 4) is 5.88 Å². The number of anilines is 2. The van der Waals surface area contributed by atoms with Crippen molar-refractivity contribution in [1.29, 1.82) is 0 Å². The molecule has 39 heavy (non-hydrogen) atoms. The first-order valence-electron chi connectivity index (χ1n) is 12.4. The predicted molar refractivity (Wildman–Crippen MR) is 139 cm³/mol. The molecular formula is C22H28F4N6O4S3. The van der Waals surface area contributed by atoms with E-state index in [2.05, 4.69) is 29.9 Å². The van der Waals surface area contributed by atoms with E-state index in [0.717, 1.165) is 4.88 Å². The highest BCUT2D eigenvalue weighted by Gasteiger charge is 2.45. The number of amides is 1. The Morgan fingerprint density at radius 2 is 2.03 bits per heavy atom. The third-order valence-corrected chi connectivity index (χ3v) is 10.6. The average Bonchev–Trinajstić information content (AvgIpc) is 3.30. The Morgan fingerprint density at radius 3 is 2.69 bits per heavy atom. The molecule has 4 N–H and O–H groups in total. The first-order valence-corrected chi connectivity index (χ1v) is 15.6. The molecular weight excluding hydrogens is 584 g/mol. The van der Waals surface area contributed by atoms with Crippen LogP contribution < -0.4 is 24.8 Å². The monoisotopic (exact) mass is 612 g/mol. The lowest BCUT2D eigenvalue weighted by atomic mass is 9.92. The van der Waals surface area contributed by atoms with E-state index in [9.17, 15) is 30.8 Å². The van der Waals surface area contributed by atoms with Crippen molar-refractivity contribution in [1.82, 2.24) is 19.2 Å². The Bertz CT molecular complexity index is 1320. The minimum absolute atomic E-state index is 0.0229. The van der Waals surface area contributed by atoms with Crippen molar-refractivity contribution in [2.45, 2.75) is 74.5 Å². The van der Waals surface area contributed by atoms with Crippen LogP contribution in [-0.4, -0.2) is 61.0 Å². The summed E-state index contributed by atoms with van der Waals surface area (Å²) in [6, 6.07) is 0.740. The van der Waals surface area contributed by atoms with Gasteiger partial charge in [-0.25, -0.2) is 26.6 Å². The zero-order valence-corrected chi connectivity index (χ0v) is 23.2. The number of fused-ring (bicyclic) bond motifs is 1. The molecule has 10 nitrogen and oxygen atoms in total. The molecule has 3 aliphatic rings. The quantitative estimate of drug-likeness (QED) is 0.125. The van der Waals surface area contributed by atoms with Crippen LogP contribution in [-0.2, 0) is 34.7 Å². The summed E-state index contributed by atoms with van der Waals surface area (Å²) in [5, 5.41) is 9.69. The van der Waals surface area contributed by atoms with Crippen LogP contribution in [0.1, 0.15) is 36.1 Å². The number of nitrogens with one attached hydrogen (secondary N) is 4. The number of thiophene rings is 1. The second kappa shape index (κ2) is 11.4. The van der Waals surface area contributed by atoms with Gasteiger partial charge < -0.3 is 15.4 Å². The van der Waals surface area contributed by atoms with Gasteiger partial charge in [-0.2, -0.15) is 8.78 Å². The zero-order chi connectivity index (χ0) is 27.9. The van der Waals surface area contributed by atoms with E-state index in [1.807, 2.05) is 0 Å². The number of rotatable bonds is 12. The highest BCUT2D eigenvalue weighted by molar-refractivity contribution is 7.97. The molecule has 3 aliphatic carbocycles. The normalized spacial score (nSPS) is 26.2. The van der Waals surface area contributed by atoms with E-state index in [4.69, 9.17) is 0 Å². The SMILES string of the molecule is Cn1nc(OC(F)F)cc1NCSN[C@H]1CCc2sc(NC(=O)[C@H]3C[C@@H]3F)c(S(=O)(=O)NC3CC(F)C3)c2C1. The number of sulfonamides is 1. The molecule has 2 aromatic rings. The Balaban J connectivity index is 1.24. The molecule has 1 amide bonds. The predicted octanol–water partition coefficient (Wildman–Crippen LogP) is 3.32. The van der Waals surface area contributed by atoms with Gasteiger partial charge in [0.05, 0.1) is 11.8 Å². The Morgan fingerprint density at radius 1 is 1.28 bits per heavy atom. The van der Waals surface area contributed by atoms with Crippen LogP contribution in [0.4, 0.5) is 28.4 Å². The molecule has 0 unspecified atom stereocenters. The van der Waals surface area contributed by atoms with Gasteiger partial charge in [-0.1, -0.05) is 11.9 Å². The van der Waals surface area contributed by atoms with Crippen molar-refractivity contribution < 1.29 is 35.5 Å². The molecule has 0 bridgehead atoms. The van der Waals surface area contributed by atoms with Gasteiger partial charge in [0, 0.05) is 30.1 Å². The Hall–Kier alpha value is -2.08. The summed E-state index contributed by atoms with van der Waals surface area (Å²) in [5.41, 5.74) is 0.587. The fourth-order valence-corrected chi connectivity index (χ4v) is 8.59. The van der Waals surface area contributed by atoms with Crippen LogP contribution in [0, 0.1) is 5.92 Å². The van der Waals surface area contributed by atoms with Crippen LogP contribution in [0.2, 0.25) is 0 Å². The largest absolute Gasteiger partial charge is 0.415 e. The van der Waals surface area contributed by atoms with Crippen molar-refractivity contribution in [2.24, 2.45) is 13.0 Å². The fourth-order valence-electron chi connectivity index (χ4n) is 4.61. The van der Waals surface area contributed by atoms with Gasteiger partial charge >= 0.3 is 6.61 Å². The number of aryl methyl sites for hydroxylation is 2. The molecule has 2 saturated carbocycles. The van der Waals surface area contributed by atoms with E-state index in [0.29, 0.717) is 36.5 Å². The minimum atomic E-state index is -4.07. The Kier molecular flexibility index (Phi) is 8.33. The summed E-state index contributed by atoms with van der Waals surface area (Å²) in [5.74, 6) is -0.697. The lowest BCUT2D eigenvalue weighted by Crippen LogP contribution is -2.45. The van der Waals surface area contributed by atoms with Gasteiger partial charge in [-0.15, -0.1) is 16.4 Å². The Labute approximate surface area is 230 Å². The first kappa shape index (κ1) is 28.4. The minimum Gasteiger partial charge on any atom is -0.415 e. The third kappa shape index (κ3) is 6.64. The molecule has 0 saturated heterocycles. The molecule has 0 aromatic carbocycles. The summed E-state index contributed by atoms with van der Waals surface area (Å²) in [6.45, 7) is -2.97. The number of ether oxygens (including phenoxy) is 1. The highest BCUT2D eigenvalue weighted by atomic mass is 32.2. The van der Waals surface area contributed by atoms with E-state index in [1.54, 1.807) is 7.05 Å². The number of hydrogen-bond acceptors (Lipinski definition) is 9. The lowest BCUT2D eigenvalue weighted by Gasteiger charge is -2.30. The van der Waals surface area contributed by atoms with Gasteiger partial charge in [0.1, 0.15) is 28.1 Å². The van der Waals surface area contributed by atoms with Crippen molar-refractivity contribution in [2.75, 3.05) is 16.5 Å². The zero-order valence-electron chi connectivity index (χ0n) is 20.8. The molecule has 0 radical (unpaired) electrons. The number of alkyl halides is 4. The van der Waals surface area contributed by atoms with Gasteiger partial charge in [0.15, 0.2) is 0 Å². The average molecular weight is 613 g/mol. The standard InChI is InChI=1S/C22H28F4N6O4S3/c1-32-17(8-18(29-32)36-22(25)26)27-9-37-30-11-2-3-16-14(6-11)19(39(34,35)31-12-4-10(23)5-12)21(38-16)28-20(33)13-7-15(13)24/h8,10-13,15,22,27,30-31H,2-7,9H2,1H3,(H,28,33)/t10?,11-,12?,13-,15-/m0/s1. The number of hydrogen-bond donors (Lipinski definition) is 4. The maximum Gasteiger partial charge on any atom is 0.388 e. The molecule has 0 aliphatic heterocycles. The lowest BCUT2D eigenvalue weighted by molar-refractivity contribution is -0.117. The fraction of sp³-hybridized carbons (Fsp3) is 0.636. The second-order valence-corrected chi connectivity index (χ2v) is 13.4. The van der Waals surface area contributed by atoms with Crippen molar-refractivity contribution in [3.63, 3.8) is 0 Å². The number of aromatic nitrogens is 2. The van der Waals surface area contributed by atoms with Crippen LogP contribution >= 0.6 is 23.3 Å². The summed E-state index contributed by atoms with van der Waals surface area (Å²) in [6.07, 6.45) is -0.298. The van der Waals surface area contributed by atoms with Gasteiger partial charge in [-0.3, -0.25) is 9.52 Å². The molecule has 2 heterocycles. The van der Waals surface area contributed by atoms with Crippen LogP contribution in [0.3, 0.4) is 0 Å². The van der Waals surface area contributed by atoms with Crippen molar-refractivity contribution in [3.05, 3.63) is 16.5 Å². The van der Waals surface area contributed by atoms with E-state index in [-0.39, 0.29) is 41.1 Å². The van der Waals surface area contributed by atoms with Crippen molar-refractivity contribution >= 4 is 50.0 Å². The van der Waals surface area contributed by atoms with E-state index in [1.165, 1.54) is 34.0 Å². The number of halogens is 4. The number of nitrogens with zero attached hydrogens (tertiary/aromatic N) is 2.